The number of benzene rings is 2. The summed E-state index contributed by atoms with van der Waals surface area (Å²) in [7, 11) is 3.05. The van der Waals surface area contributed by atoms with Gasteiger partial charge in [-0.05, 0) is 29.7 Å². The van der Waals surface area contributed by atoms with E-state index < -0.39 is 5.82 Å². The molecule has 2 rings (SSSR count). The first-order valence-electron chi connectivity index (χ1n) is 9.13. The zero-order valence-electron chi connectivity index (χ0n) is 16.1. The van der Waals surface area contributed by atoms with Crippen LogP contribution in [0.15, 0.2) is 42.5 Å². The van der Waals surface area contributed by atoms with Gasteiger partial charge in [0.2, 0.25) is 5.91 Å². The quantitative estimate of drug-likeness (QED) is 0.614. The Balaban J connectivity index is 1.86. The molecule has 144 valence electrons. The molecular formula is C22H26FNO3. The van der Waals surface area contributed by atoms with Crippen molar-refractivity contribution < 1.29 is 18.7 Å². The lowest BCUT2D eigenvalue weighted by molar-refractivity contribution is -0.130. The first-order valence-corrected chi connectivity index (χ1v) is 9.13. The van der Waals surface area contributed by atoms with Crippen molar-refractivity contribution in [3.63, 3.8) is 0 Å². The van der Waals surface area contributed by atoms with Gasteiger partial charge in [0.1, 0.15) is 0 Å². The van der Waals surface area contributed by atoms with Gasteiger partial charge in [0.05, 0.1) is 7.11 Å². The lowest BCUT2D eigenvalue weighted by Gasteiger charge is -2.17. The number of methoxy groups -OCH3 is 1. The van der Waals surface area contributed by atoms with E-state index in [2.05, 4.69) is 6.92 Å². The second kappa shape index (κ2) is 9.86. The molecule has 4 nitrogen and oxygen atoms in total. The molecule has 0 aliphatic rings. The summed E-state index contributed by atoms with van der Waals surface area (Å²) in [5.74, 6) is -0.488. The summed E-state index contributed by atoms with van der Waals surface area (Å²) >= 11 is 0. The van der Waals surface area contributed by atoms with Crippen LogP contribution in [0.3, 0.4) is 0 Å². The molecule has 0 spiro atoms. The molecule has 0 aliphatic carbocycles. The highest BCUT2D eigenvalue weighted by molar-refractivity contribution is 5.97. The summed E-state index contributed by atoms with van der Waals surface area (Å²) in [6.07, 6.45) is 2.34. The first kappa shape index (κ1) is 20.6. The minimum absolute atomic E-state index is 0.0460. The molecule has 0 aromatic heterocycles. The zero-order valence-corrected chi connectivity index (χ0v) is 16.1. The van der Waals surface area contributed by atoms with Crippen molar-refractivity contribution in [1.82, 2.24) is 4.90 Å². The topological polar surface area (TPSA) is 46.6 Å². The van der Waals surface area contributed by atoms with Crippen molar-refractivity contribution >= 4 is 11.7 Å². The number of ether oxygens (including phenoxy) is 1. The monoisotopic (exact) mass is 371 g/mol. The first-order chi connectivity index (χ1) is 12.9. The summed E-state index contributed by atoms with van der Waals surface area (Å²) in [6, 6.07) is 12.2. The van der Waals surface area contributed by atoms with Gasteiger partial charge in [-0.2, -0.15) is 0 Å². The van der Waals surface area contributed by atoms with E-state index in [-0.39, 0.29) is 36.8 Å². The highest BCUT2D eigenvalue weighted by atomic mass is 19.1. The minimum atomic E-state index is -0.461. The third-order valence-corrected chi connectivity index (χ3v) is 4.44. The van der Waals surface area contributed by atoms with Crippen LogP contribution >= 0.6 is 0 Å². The smallest absolute Gasteiger partial charge is 0.223 e. The Morgan fingerprint density at radius 3 is 2.30 bits per heavy atom. The largest absolute Gasteiger partial charge is 0.494 e. The molecule has 2 aromatic rings. The molecule has 5 heteroatoms. The van der Waals surface area contributed by atoms with Crippen LogP contribution in [0.25, 0.3) is 0 Å². The average molecular weight is 371 g/mol. The van der Waals surface area contributed by atoms with Gasteiger partial charge in [-0.1, -0.05) is 43.7 Å². The molecule has 0 radical (unpaired) electrons. The molecule has 0 unspecified atom stereocenters. The molecule has 27 heavy (non-hydrogen) atoms. The zero-order chi connectivity index (χ0) is 19.8. The van der Waals surface area contributed by atoms with Crippen molar-refractivity contribution in [3.05, 3.63) is 65.0 Å². The van der Waals surface area contributed by atoms with Crippen LogP contribution < -0.4 is 4.74 Å². The van der Waals surface area contributed by atoms with Gasteiger partial charge in [-0.25, -0.2) is 4.39 Å². The van der Waals surface area contributed by atoms with Crippen molar-refractivity contribution in [2.75, 3.05) is 14.2 Å². The predicted molar refractivity (Wildman–Crippen MR) is 103 cm³/mol. The SMILES string of the molecule is CCCc1ccc(C(=O)CCC(=O)N(C)Cc2ccc(OC)c(F)c2)cc1. The molecule has 1 amide bonds. The van der Waals surface area contributed by atoms with Crippen LogP contribution in [-0.2, 0) is 17.8 Å². The van der Waals surface area contributed by atoms with E-state index >= 15 is 0 Å². The molecule has 0 bridgehead atoms. The van der Waals surface area contributed by atoms with Gasteiger partial charge in [0.25, 0.3) is 0 Å². The number of halogens is 1. The molecule has 2 aromatic carbocycles. The van der Waals surface area contributed by atoms with Gasteiger partial charge in [-0.15, -0.1) is 0 Å². The number of aryl methyl sites for hydroxylation is 1. The molecule has 0 heterocycles. The molecule has 0 aliphatic heterocycles. The Kier molecular flexibility index (Phi) is 7.53. The van der Waals surface area contributed by atoms with Crippen molar-refractivity contribution in [2.24, 2.45) is 0 Å². The molecule has 0 atom stereocenters. The molecule has 0 saturated heterocycles. The van der Waals surface area contributed by atoms with Crippen molar-refractivity contribution in [3.8, 4) is 5.75 Å². The number of nitrogens with zero attached hydrogens (tertiary/aromatic N) is 1. The van der Waals surface area contributed by atoms with Crippen molar-refractivity contribution in [1.29, 1.82) is 0 Å². The Morgan fingerprint density at radius 2 is 1.70 bits per heavy atom. The van der Waals surface area contributed by atoms with Gasteiger partial charge < -0.3 is 9.64 Å². The van der Waals surface area contributed by atoms with Crippen LogP contribution in [0.2, 0.25) is 0 Å². The second-order valence-corrected chi connectivity index (χ2v) is 6.59. The third-order valence-electron chi connectivity index (χ3n) is 4.44. The number of carbonyl (C=O) groups is 2. The van der Waals surface area contributed by atoms with Crippen LogP contribution in [0.4, 0.5) is 4.39 Å². The summed E-state index contributed by atoms with van der Waals surface area (Å²) in [6.45, 7) is 2.39. The van der Waals surface area contributed by atoms with Gasteiger partial charge in [-0.3, -0.25) is 9.59 Å². The summed E-state index contributed by atoms with van der Waals surface area (Å²) in [5, 5.41) is 0. The van der Waals surface area contributed by atoms with Crippen LogP contribution in [0, 0.1) is 5.82 Å². The number of Topliss-reactive ketones (excluding diaryl/α,β-unsaturated/α-hetero) is 1. The highest BCUT2D eigenvalue weighted by Crippen LogP contribution is 2.19. The van der Waals surface area contributed by atoms with Gasteiger partial charge in [0, 0.05) is 32.0 Å². The van der Waals surface area contributed by atoms with Crippen LogP contribution in [-0.4, -0.2) is 30.7 Å². The normalized spacial score (nSPS) is 10.5. The Bertz CT molecular complexity index is 787. The third kappa shape index (κ3) is 5.91. The fraction of sp³-hybridized carbons (Fsp3) is 0.364. The number of rotatable bonds is 9. The molecule has 0 fully saturated rings. The van der Waals surface area contributed by atoms with E-state index in [1.807, 2.05) is 24.3 Å². The Morgan fingerprint density at radius 1 is 1.04 bits per heavy atom. The fourth-order valence-electron chi connectivity index (χ4n) is 2.87. The number of hydrogen-bond donors (Lipinski definition) is 0. The van der Waals surface area contributed by atoms with E-state index in [9.17, 15) is 14.0 Å². The molecule has 0 saturated carbocycles. The maximum Gasteiger partial charge on any atom is 0.223 e. The average Bonchev–Trinajstić information content (AvgIpc) is 2.66. The second-order valence-electron chi connectivity index (χ2n) is 6.59. The number of ketones is 1. The summed E-state index contributed by atoms with van der Waals surface area (Å²) in [5.41, 5.74) is 2.50. The summed E-state index contributed by atoms with van der Waals surface area (Å²) in [4.78, 5) is 26.1. The standard InChI is InChI=1S/C22H26FNO3/c1-4-5-16-6-9-18(10-7-16)20(25)11-13-22(26)24(2)15-17-8-12-21(27-3)19(23)14-17/h6-10,12,14H,4-5,11,13,15H2,1-3H3. The maximum absolute atomic E-state index is 13.7. The van der Waals surface area contributed by atoms with Crippen LogP contribution in [0.1, 0.15) is 47.7 Å². The Labute approximate surface area is 159 Å². The lowest BCUT2D eigenvalue weighted by Crippen LogP contribution is -2.26. The minimum Gasteiger partial charge on any atom is -0.494 e. The van der Waals surface area contributed by atoms with Gasteiger partial charge >= 0.3 is 0 Å². The number of carbonyl (C=O) groups excluding carboxylic acids is 2. The van der Waals surface area contributed by atoms with E-state index in [1.54, 1.807) is 13.1 Å². The molecular weight excluding hydrogens is 345 g/mol. The van der Waals surface area contributed by atoms with Crippen molar-refractivity contribution in [2.45, 2.75) is 39.2 Å². The van der Waals surface area contributed by atoms with E-state index in [1.165, 1.54) is 29.7 Å². The van der Waals surface area contributed by atoms with Crippen LogP contribution in [0.5, 0.6) is 5.75 Å². The molecule has 0 N–H and O–H groups in total. The van der Waals surface area contributed by atoms with E-state index in [0.29, 0.717) is 11.1 Å². The maximum atomic E-state index is 13.7. The number of amides is 1. The highest BCUT2D eigenvalue weighted by Gasteiger charge is 2.14. The predicted octanol–water partition coefficient (Wildman–Crippen LogP) is 4.41. The summed E-state index contributed by atoms with van der Waals surface area (Å²) < 4.78 is 18.6. The number of hydrogen-bond acceptors (Lipinski definition) is 3. The van der Waals surface area contributed by atoms with E-state index in [0.717, 1.165) is 12.8 Å². The Hall–Kier alpha value is -2.69. The van der Waals surface area contributed by atoms with Gasteiger partial charge in [0.15, 0.2) is 17.3 Å². The lowest BCUT2D eigenvalue weighted by atomic mass is 10.0. The fourth-order valence-corrected chi connectivity index (χ4v) is 2.87. The van der Waals surface area contributed by atoms with E-state index in [4.69, 9.17) is 4.74 Å².